The van der Waals surface area contributed by atoms with Gasteiger partial charge in [0, 0.05) is 13.1 Å². The van der Waals surface area contributed by atoms with Crippen molar-refractivity contribution >= 4 is 23.7 Å². The van der Waals surface area contributed by atoms with E-state index in [4.69, 9.17) is 11.6 Å². The largest absolute Gasteiger partial charge is 0.356 e. The molecule has 4 nitrogen and oxygen atoms in total. The van der Waals surface area contributed by atoms with Gasteiger partial charge in [0.1, 0.15) is 17.3 Å². The Bertz CT molecular complexity index is 456. The van der Waals surface area contributed by atoms with Crippen LogP contribution in [0.3, 0.4) is 0 Å². The van der Waals surface area contributed by atoms with Crippen LogP contribution in [-0.2, 0) is 0 Å². The molecule has 1 aromatic heterocycles. The van der Waals surface area contributed by atoms with Gasteiger partial charge in [0.15, 0.2) is 6.29 Å². The highest BCUT2D eigenvalue weighted by molar-refractivity contribution is 6.32. The average molecular weight is 268 g/mol. The molecule has 0 amide bonds. The van der Waals surface area contributed by atoms with Crippen LogP contribution in [-0.4, -0.2) is 29.3 Å². The van der Waals surface area contributed by atoms with E-state index < -0.39 is 0 Å². The number of rotatable bonds is 2. The molecule has 18 heavy (non-hydrogen) atoms. The number of halogens is 1. The first-order valence-electron chi connectivity index (χ1n) is 6.14. The number of hydrogen-bond acceptors (Lipinski definition) is 4. The zero-order valence-electron chi connectivity index (χ0n) is 11.0. The lowest BCUT2D eigenvalue weighted by molar-refractivity contribution is 0.112. The Labute approximate surface area is 112 Å². The molecule has 2 rings (SSSR count). The molecule has 1 aliphatic rings. The summed E-state index contributed by atoms with van der Waals surface area (Å²) in [6.07, 6.45) is 3.26. The smallest absolute Gasteiger partial charge is 0.156 e. The lowest BCUT2D eigenvalue weighted by atomic mass is 9.80. The minimum absolute atomic E-state index is 0.231. The van der Waals surface area contributed by atoms with Gasteiger partial charge in [-0.05, 0) is 17.8 Å². The number of aromatic nitrogens is 2. The van der Waals surface area contributed by atoms with Gasteiger partial charge in [0.2, 0.25) is 0 Å². The number of aldehydes is 1. The normalized spacial score (nSPS) is 20.2. The number of carbonyl (C=O) groups excluding carboxylic acids is 1. The second-order valence-electron chi connectivity index (χ2n) is 5.82. The highest BCUT2D eigenvalue weighted by atomic mass is 35.5. The third-order valence-corrected chi connectivity index (χ3v) is 3.95. The molecule has 0 saturated carbocycles. The quantitative estimate of drug-likeness (QED) is 0.611. The lowest BCUT2D eigenvalue weighted by Gasteiger charge is -2.27. The zero-order valence-corrected chi connectivity index (χ0v) is 11.7. The molecule has 1 saturated heterocycles. The minimum atomic E-state index is 0.231. The molecule has 0 radical (unpaired) electrons. The molecule has 1 fully saturated rings. The first-order chi connectivity index (χ1) is 8.43. The molecule has 0 bridgehead atoms. The van der Waals surface area contributed by atoms with Crippen molar-refractivity contribution in [3.8, 4) is 0 Å². The van der Waals surface area contributed by atoms with Crippen LogP contribution in [0.4, 0.5) is 5.82 Å². The van der Waals surface area contributed by atoms with Crippen molar-refractivity contribution in [3.05, 3.63) is 17.0 Å². The fourth-order valence-corrected chi connectivity index (χ4v) is 2.55. The summed E-state index contributed by atoms with van der Waals surface area (Å²) in [7, 11) is 0. The molecule has 1 unspecified atom stereocenters. The maximum absolute atomic E-state index is 11.1. The summed E-state index contributed by atoms with van der Waals surface area (Å²) in [5.41, 5.74) is 0.668. The fraction of sp³-hybridized carbons (Fsp3) is 0.615. The van der Waals surface area contributed by atoms with E-state index in [0.717, 1.165) is 25.8 Å². The van der Waals surface area contributed by atoms with Crippen molar-refractivity contribution in [1.82, 2.24) is 9.97 Å². The van der Waals surface area contributed by atoms with Crippen molar-refractivity contribution in [3.63, 3.8) is 0 Å². The first kappa shape index (κ1) is 13.3. The summed E-state index contributed by atoms with van der Waals surface area (Å²) in [5.74, 6) is 1.27. The zero-order chi connectivity index (χ0) is 13.3. The monoisotopic (exact) mass is 267 g/mol. The third kappa shape index (κ3) is 2.48. The second kappa shape index (κ2) is 4.84. The van der Waals surface area contributed by atoms with Gasteiger partial charge in [-0.1, -0.05) is 32.4 Å². The van der Waals surface area contributed by atoms with Crippen LogP contribution in [0.5, 0.6) is 0 Å². The minimum Gasteiger partial charge on any atom is -0.356 e. The van der Waals surface area contributed by atoms with Crippen molar-refractivity contribution in [2.24, 2.45) is 11.3 Å². The summed E-state index contributed by atoms with van der Waals surface area (Å²) in [5, 5.41) is 0.231. The lowest BCUT2D eigenvalue weighted by Crippen LogP contribution is -2.27. The van der Waals surface area contributed by atoms with Gasteiger partial charge in [-0.2, -0.15) is 0 Å². The summed E-state index contributed by atoms with van der Waals surface area (Å²) in [4.78, 5) is 21.3. The average Bonchev–Trinajstić information content (AvgIpc) is 2.77. The van der Waals surface area contributed by atoms with Gasteiger partial charge >= 0.3 is 0 Å². The third-order valence-electron chi connectivity index (χ3n) is 3.64. The van der Waals surface area contributed by atoms with Gasteiger partial charge in [-0.15, -0.1) is 0 Å². The molecule has 1 aromatic rings. The topological polar surface area (TPSA) is 46.1 Å². The van der Waals surface area contributed by atoms with Gasteiger partial charge in [-0.3, -0.25) is 4.79 Å². The van der Waals surface area contributed by atoms with Crippen LogP contribution in [0.2, 0.25) is 5.15 Å². The van der Waals surface area contributed by atoms with E-state index in [1.807, 2.05) is 0 Å². The van der Waals surface area contributed by atoms with E-state index in [1.165, 1.54) is 6.33 Å². The summed E-state index contributed by atoms with van der Waals surface area (Å²) in [6.45, 7) is 8.56. The number of nitrogens with zero attached hydrogens (tertiary/aromatic N) is 3. The number of hydrogen-bond donors (Lipinski definition) is 0. The number of carbonyl (C=O) groups is 1. The van der Waals surface area contributed by atoms with Crippen molar-refractivity contribution in [2.75, 3.05) is 18.0 Å². The Morgan fingerprint density at radius 3 is 2.72 bits per heavy atom. The Kier molecular flexibility index (Phi) is 3.57. The highest BCUT2D eigenvalue weighted by Crippen LogP contribution is 2.36. The molecule has 1 aliphatic heterocycles. The molecule has 0 spiro atoms. The summed E-state index contributed by atoms with van der Waals surface area (Å²) in [6, 6.07) is 0. The molecule has 1 atom stereocenters. The van der Waals surface area contributed by atoms with Crippen LogP contribution < -0.4 is 4.90 Å². The van der Waals surface area contributed by atoms with E-state index in [9.17, 15) is 4.79 Å². The molecule has 0 aliphatic carbocycles. The summed E-state index contributed by atoms with van der Waals surface area (Å²) >= 11 is 5.93. The Balaban J connectivity index is 2.25. The molecular formula is C13H18ClN3O. The van der Waals surface area contributed by atoms with Crippen molar-refractivity contribution < 1.29 is 4.79 Å². The number of anilines is 1. The molecule has 0 N–H and O–H groups in total. The first-order valence-corrected chi connectivity index (χ1v) is 6.52. The summed E-state index contributed by atoms with van der Waals surface area (Å²) < 4.78 is 0. The highest BCUT2D eigenvalue weighted by Gasteiger charge is 2.33. The van der Waals surface area contributed by atoms with Gasteiger partial charge < -0.3 is 4.90 Å². The van der Waals surface area contributed by atoms with Crippen molar-refractivity contribution in [2.45, 2.75) is 27.2 Å². The molecule has 5 heteroatoms. The standard InChI is InChI=1S/C13H18ClN3O/c1-13(2,3)9-4-5-17(6-9)12-10(7-18)11(14)15-8-16-12/h7-9H,4-6H2,1-3H3. The predicted molar refractivity (Wildman–Crippen MR) is 72.2 cm³/mol. The van der Waals surface area contributed by atoms with Crippen LogP contribution in [0, 0.1) is 11.3 Å². The molecule has 2 heterocycles. The van der Waals surface area contributed by atoms with Crippen LogP contribution >= 0.6 is 11.6 Å². The van der Waals surface area contributed by atoms with Crippen LogP contribution in [0.1, 0.15) is 37.6 Å². The van der Waals surface area contributed by atoms with Crippen molar-refractivity contribution in [1.29, 1.82) is 0 Å². The van der Waals surface area contributed by atoms with Gasteiger partial charge in [0.05, 0.1) is 5.56 Å². The van der Waals surface area contributed by atoms with E-state index in [1.54, 1.807) is 0 Å². The molecule has 98 valence electrons. The van der Waals surface area contributed by atoms with E-state index >= 15 is 0 Å². The Morgan fingerprint density at radius 1 is 1.44 bits per heavy atom. The maximum atomic E-state index is 11.1. The Hall–Kier alpha value is -1.16. The second-order valence-corrected chi connectivity index (χ2v) is 6.18. The molecule has 0 aromatic carbocycles. The van der Waals surface area contributed by atoms with Crippen LogP contribution in [0.25, 0.3) is 0 Å². The fourth-order valence-electron chi connectivity index (χ4n) is 2.38. The van der Waals surface area contributed by atoms with Crippen LogP contribution in [0.15, 0.2) is 6.33 Å². The van der Waals surface area contributed by atoms with Gasteiger partial charge in [-0.25, -0.2) is 9.97 Å². The van der Waals surface area contributed by atoms with E-state index in [2.05, 4.69) is 35.6 Å². The predicted octanol–water partition coefficient (Wildman–Crippen LogP) is 2.81. The SMILES string of the molecule is CC(C)(C)C1CCN(c2ncnc(Cl)c2C=O)C1. The maximum Gasteiger partial charge on any atom is 0.156 e. The van der Waals surface area contributed by atoms with Gasteiger partial charge in [0.25, 0.3) is 0 Å². The Morgan fingerprint density at radius 2 is 2.17 bits per heavy atom. The molecular weight excluding hydrogens is 250 g/mol. The van der Waals surface area contributed by atoms with E-state index in [0.29, 0.717) is 17.3 Å². The van der Waals surface area contributed by atoms with E-state index in [-0.39, 0.29) is 10.6 Å².